The molecule has 4 aromatic rings. The molecule has 0 bridgehead atoms. The molecule has 1 saturated heterocycles. The van der Waals surface area contributed by atoms with Gasteiger partial charge >= 0.3 is 5.63 Å². The number of aromatic amines is 1. The van der Waals surface area contributed by atoms with Crippen LogP contribution in [0.15, 0.2) is 57.7 Å². The third kappa shape index (κ3) is 2.55. The molecular weight excluding hydrogens is 328 g/mol. The average Bonchev–Trinajstić information content (AvgIpc) is 3.11. The summed E-state index contributed by atoms with van der Waals surface area (Å²) >= 11 is 0. The standard InChI is InChI=1S/C20H18N4O2/c25-20-15(19-22-16-3-1-2-4-17(16)23-19)11-13-5-6-14(12-18(13)26-20)24-9-7-21-8-10-24/h1-6,11-12,21H,7-10H2,(H,22,23). The number of aromatic nitrogens is 2. The summed E-state index contributed by atoms with van der Waals surface area (Å²) in [6.07, 6.45) is 0. The molecule has 3 heterocycles. The number of piperazine rings is 1. The van der Waals surface area contributed by atoms with Gasteiger partial charge in [-0.15, -0.1) is 0 Å². The van der Waals surface area contributed by atoms with Crippen molar-refractivity contribution in [3.05, 3.63) is 59.0 Å². The maximum Gasteiger partial charge on any atom is 0.347 e. The van der Waals surface area contributed by atoms with Crippen LogP contribution in [0, 0.1) is 0 Å². The summed E-state index contributed by atoms with van der Waals surface area (Å²) in [5.74, 6) is 0.535. The van der Waals surface area contributed by atoms with Gasteiger partial charge in [0, 0.05) is 43.3 Å². The minimum atomic E-state index is -0.381. The lowest BCUT2D eigenvalue weighted by Gasteiger charge is -2.29. The summed E-state index contributed by atoms with van der Waals surface area (Å²) in [7, 11) is 0. The van der Waals surface area contributed by atoms with Gasteiger partial charge in [0.25, 0.3) is 0 Å². The van der Waals surface area contributed by atoms with Crippen LogP contribution in [0.5, 0.6) is 0 Å². The van der Waals surface area contributed by atoms with Crippen molar-refractivity contribution < 1.29 is 4.42 Å². The Hall–Kier alpha value is -3.12. The average molecular weight is 346 g/mol. The van der Waals surface area contributed by atoms with Crippen LogP contribution in [0.2, 0.25) is 0 Å². The van der Waals surface area contributed by atoms with E-state index in [0.29, 0.717) is 17.0 Å². The van der Waals surface area contributed by atoms with Crippen LogP contribution in [0.25, 0.3) is 33.4 Å². The number of hydrogen-bond acceptors (Lipinski definition) is 5. The SMILES string of the molecule is O=c1oc2cc(N3CCNCC3)ccc2cc1-c1nc2ccccc2[nH]1. The number of fused-ring (bicyclic) bond motifs is 2. The van der Waals surface area contributed by atoms with E-state index in [1.165, 1.54) is 0 Å². The van der Waals surface area contributed by atoms with Gasteiger partial charge in [0.05, 0.1) is 11.0 Å². The van der Waals surface area contributed by atoms with E-state index in [1.807, 2.05) is 42.5 Å². The molecule has 0 spiro atoms. The molecular formula is C20H18N4O2. The highest BCUT2D eigenvalue weighted by molar-refractivity contribution is 5.85. The first kappa shape index (κ1) is 15.2. The molecule has 0 unspecified atom stereocenters. The van der Waals surface area contributed by atoms with Crippen molar-refractivity contribution in [2.45, 2.75) is 0 Å². The van der Waals surface area contributed by atoms with E-state index >= 15 is 0 Å². The number of nitrogens with one attached hydrogen (secondary N) is 2. The van der Waals surface area contributed by atoms with Crippen molar-refractivity contribution >= 4 is 27.7 Å². The second-order valence-corrected chi connectivity index (χ2v) is 6.51. The molecule has 0 aliphatic carbocycles. The van der Waals surface area contributed by atoms with Crippen molar-refractivity contribution in [3.63, 3.8) is 0 Å². The molecule has 2 aromatic carbocycles. The number of H-pyrrole nitrogens is 1. The Morgan fingerprint density at radius 3 is 2.73 bits per heavy atom. The minimum absolute atomic E-state index is 0.381. The highest BCUT2D eigenvalue weighted by Crippen LogP contribution is 2.25. The number of rotatable bonds is 2. The summed E-state index contributed by atoms with van der Waals surface area (Å²) in [4.78, 5) is 22.5. The first-order chi connectivity index (χ1) is 12.8. The lowest BCUT2D eigenvalue weighted by molar-refractivity contribution is 0.561. The second-order valence-electron chi connectivity index (χ2n) is 6.51. The molecule has 0 atom stereocenters. The van der Waals surface area contributed by atoms with Gasteiger partial charge in [0.1, 0.15) is 17.0 Å². The van der Waals surface area contributed by atoms with Crippen LogP contribution in [-0.4, -0.2) is 36.1 Å². The molecule has 5 rings (SSSR count). The molecule has 2 aromatic heterocycles. The molecule has 0 radical (unpaired) electrons. The van der Waals surface area contributed by atoms with Crippen LogP contribution in [-0.2, 0) is 0 Å². The fraction of sp³-hybridized carbons (Fsp3) is 0.200. The largest absolute Gasteiger partial charge is 0.422 e. The lowest BCUT2D eigenvalue weighted by Crippen LogP contribution is -2.43. The topological polar surface area (TPSA) is 74.2 Å². The zero-order chi connectivity index (χ0) is 17.5. The summed E-state index contributed by atoms with van der Waals surface area (Å²) in [6, 6.07) is 15.6. The summed E-state index contributed by atoms with van der Waals surface area (Å²) in [6.45, 7) is 3.83. The Balaban J connectivity index is 1.59. The quantitative estimate of drug-likeness (QED) is 0.546. The van der Waals surface area contributed by atoms with Crippen LogP contribution in [0.4, 0.5) is 5.69 Å². The molecule has 2 N–H and O–H groups in total. The van der Waals surface area contributed by atoms with Crippen LogP contribution < -0.4 is 15.8 Å². The molecule has 6 heteroatoms. The van der Waals surface area contributed by atoms with E-state index in [1.54, 1.807) is 0 Å². The van der Waals surface area contributed by atoms with E-state index in [4.69, 9.17) is 4.42 Å². The van der Waals surface area contributed by atoms with E-state index in [9.17, 15) is 4.79 Å². The van der Waals surface area contributed by atoms with Crippen molar-refractivity contribution in [1.82, 2.24) is 15.3 Å². The van der Waals surface area contributed by atoms with Gasteiger partial charge in [0.2, 0.25) is 0 Å². The Kier molecular flexibility index (Phi) is 3.50. The number of nitrogens with zero attached hydrogens (tertiary/aromatic N) is 2. The lowest BCUT2D eigenvalue weighted by atomic mass is 10.1. The summed E-state index contributed by atoms with van der Waals surface area (Å²) in [5.41, 5.74) is 3.48. The van der Waals surface area contributed by atoms with Gasteiger partial charge in [-0.2, -0.15) is 0 Å². The smallest absolute Gasteiger partial charge is 0.347 e. The van der Waals surface area contributed by atoms with Crippen molar-refractivity contribution in [2.24, 2.45) is 0 Å². The minimum Gasteiger partial charge on any atom is -0.422 e. The summed E-state index contributed by atoms with van der Waals surface area (Å²) in [5, 5.41) is 4.23. The van der Waals surface area contributed by atoms with Crippen molar-refractivity contribution in [3.8, 4) is 11.4 Å². The monoisotopic (exact) mass is 346 g/mol. The Morgan fingerprint density at radius 1 is 1.04 bits per heavy atom. The Bertz CT molecular complexity index is 1120. The fourth-order valence-electron chi connectivity index (χ4n) is 3.47. The van der Waals surface area contributed by atoms with Crippen molar-refractivity contribution in [2.75, 3.05) is 31.1 Å². The number of benzene rings is 2. The van der Waals surface area contributed by atoms with Gasteiger partial charge in [-0.3, -0.25) is 0 Å². The first-order valence-corrected chi connectivity index (χ1v) is 8.77. The molecule has 1 fully saturated rings. The molecule has 6 nitrogen and oxygen atoms in total. The number of imidazole rings is 1. The Morgan fingerprint density at radius 2 is 1.88 bits per heavy atom. The van der Waals surface area contributed by atoms with Gasteiger partial charge < -0.3 is 19.6 Å². The van der Waals surface area contributed by atoms with Crippen molar-refractivity contribution in [1.29, 1.82) is 0 Å². The molecule has 130 valence electrons. The maximum atomic E-state index is 12.5. The molecule has 1 aliphatic heterocycles. The number of hydrogen-bond donors (Lipinski definition) is 2. The number of para-hydroxylation sites is 2. The third-order valence-electron chi connectivity index (χ3n) is 4.85. The molecule has 26 heavy (non-hydrogen) atoms. The molecule has 0 amide bonds. The Labute approximate surface area is 149 Å². The maximum absolute atomic E-state index is 12.5. The zero-order valence-corrected chi connectivity index (χ0v) is 14.2. The van der Waals surface area contributed by atoms with Gasteiger partial charge in [-0.25, -0.2) is 9.78 Å². The zero-order valence-electron chi connectivity index (χ0n) is 14.2. The predicted molar refractivity (Wildman–Crippen MR) is 103 cm³/mol. The molecule has 0 saturated carbocycles. The first-order valence-electron chi connectivity index (χ1n) is 8.77. The highest BCUT2D eigenvalue weighted by Gasteiger charge is 2.15. The normalized spacial score (nSPS) is 15.0. The van der Waals surface area contributed by atoms with Crippen LogP contribution in [0.3, 0.4) is 0 Å². The fourth-order valence-corrected chi connectivity index (χ4v) is 3.47. The van der Waals surface area contributed by atoms with E-state index in [-0.39, 0.29) is 5.63 Å². The van der Waals surface area contributed by atoms with Gasteiger partial charge in [-0.1, -0.05) is 12.1 Å². The van der Waals surface area contributed by atoms with Crippen LogP contribution >= 0.6 is 0 Å². The highest BCUT2D eigenvalue weighted by atomic mass is 16.4. The van der Waals surface area contributed by atoms with E-state index < -0.39 is 0 Å². The van der Waals surface area contributed by atoms with Gasteiger partial charge in [-0.05, 0) is 30.3 Å². The summed E-state index contributed by atoms with van der Waals surface area (Å²) < 4.78 is 5.62. The second kappa shape index (κ2) is 6.00. The predicted octanol–water partition coefficient (Wildman–Crippen LogP) is 2.75. The third-order valence-corrected chi connectivity index (χ3v) is 4.85. The van der Waals surface area contributed by atoms with Crippen LogP contribution in [0.1, 0.15) is 0 Å². The molecule has 1 aliphatic rings. The van der Waals surface area contributed by atoms with E-state index in [2.05, 4.69) is 26.3 Å². The van der Waals surface area contributed by atoms with Gasteiger partial charge in [0.15, 0.2) is 0 Å². The van der Waals surface area contributed by atoms with E-state index in [0.717, 1.165) is 48.3 Å². The number of anilines is 1.